The maximum atomic E-state index is 9.20. The molecule has 62 valence electrons. The first-order valence-electron chi connectivity index (χ1n) is 3.89. The Bertz CT molecular complexity index is 340. The SMILES string of the molecule is CC1=Cc2cc(O)ccc2CO1. The Hall–Kier alpha value is -1.44. The number of allylic oxidation sites excluding steroid dienone is 1. The average Bonchev–Trinajstić information content (AvgIpc) is 2.03. The summed E-state index contributed by atoms with van der Waals surface area (Å²) in [5, 5.41) is 9.20. The highest BCUT2D eigenvalue weighted by Gasteiger charge is 2.07. The number of phenolic OH excluding ortho intramolecular Hbond substituents is 1. The largest absolute Gasteiger partial charge is 0.508 e. The molecule has 12 heavy (non-hydrogen) atoms. The van der Waals surface area contributed by atoms with Crippen molar-refractivity contribution in [2.24, 2.45) is 0 Å². The zero-order valence-corrected chi connectivity index (χ0v) is 6.87. The first-order valence-corrected chi connectivity index (χ1v) is 3.89. The fourth-order valence-corrected chi connectivity index (χ4v) is 1.30. The first kappa shape index (κ1) is 7.22. The Morgan fingerprint density at radius 2 is 2.25 bits per heavy atom. The van der Waals surface area contributed by atoms with Gasteiger partial charge in [-0.3, -0.25) is 0 Å². The first-order chi connectivity index (χ1) is 5.75. The molecule has 1 N–H and O–H groups in total. The summed E-state index contributed by atoms with van der Waals surface area (Å²) in [6, 6.07) is 5.31. The summed E-state index contributed by atoms with van der Waals surface area (Å²) < 4.78 is 5.32. The second-order valence-corrected chi connectivity index (χ2v) is 2.93. The zero-order chi connectivity index (χ0) is 8.55. The van der Waals surface area contributed by atoms with Crippen LogP contribution in [0.5, 0.6) is 5.75 Å². The number of rotatable bonds is 0. The van der Waals surface area contributed by atoms with E-state index in [1.165, 1.54) is 0 Å². The normalized spacial score (nSPS) is 14.6. The lowest BCUT2D eigenvalue weighted by Crippen LogP contribution is -1.99. The third-order valence-electron chi connectivity index (χ3n) is 1.94. The van der Waals surface area contributed by atoms with Gasteiger partial charge in [0.05, 0.1) is 5.76 Å². The van der Waals surface area contributed by atoms with E-state index in [2.05, 4.69) is 0 Å². The lowest BCUT2D eigenvalue weighted by atomic mass is 10.1. The number of aromatic hydroxyl groups is 1. The maximum absolute atomic E-state index is 9.20. The Balaban J connectivity index is 2.53. The van der Waals surface area contributed by atoms with Crippen LogP contribution in [-0.4, -0.2) is 5.11 Å². The van der Waals surface area contributed by atoms with Crippen LogP contribution in [0.15, 0.2) is 24.0 Å². The van der Waals surface area contributed by atoms with Crippen LogP contribution in [-0.2, 0) is 11.3 Å². The fraction of sp³-hybridized carbons (Fsp3) is 0.200. The summed E-state index contributed by atoms with van der Waals surface area (Å²) in [4.78, 5) is 0. The van der Waals surface area contributed by atoms with Crippen LogP contribution < -0.4 is 0 Å². The quantitative estimate of drug-likeness (QED) is 0.634. The van der Waals surface area contributed by atoms with Gasteiger partial charge in [-0.2, -0.15) is 0 Å². The molecule has 1 aliphatic rings. The van der Waals surface area contributed by atoms with Crippen LogP contribution in [0.3, 0.4) is 0 Å². The Labute approximate surface area is 71.1 Å². The van der Waals surface area contributed by atoms with Crippen LogP contribution in [0.4, 0.5) is 0 Å². The molecule has 0 spiro atoms. The van der Waals surface area contributed by atoms with Gasteiger partial charge < -0.3 is 9.84 Å². The van der Waals surface area contributed by atoms with E-state index >= 15 is 0 Å². The van der Waals surface area contributed by atoms with E-state index in [4.69, 9.17) is 4.74 Å². The highest BCUT2D eigenvalue weighted by Crippen LogP contribution is 2.24. The molecule has 0 atom stereocenters. The maximum Gasteiger partial charge on any atom is 0.116 e. The van der Waals surface area contributed by atoms with Crippen LogP contribution in [0.1, 0.15) is 18.1 Å². The molecular formula is C10H10O2. The Morgan fingerprint density at radius 1 is 1.42 bits per heavy atom. The van der Waals surface area contributed by atoms with E-state index in [1.54, 1.807) is 12.1 Å². The number of hydrogen-bond donors (Lipinski definition) is 1. The molecule has 1 aromatic rings. The van der Waals surface area contributed by atoms with E-state index in [9.17, 15) is 5.11 Å². The molecule has 0 saturated heterocycles. The molecular weight excluding hydrogens is 152 g/mol. The minimum absolute atomic E-state index is 0.305. The van der Waals surface area contributed by atoms with Gasteiger partial charge in [0.25, 0.3) is 0 Å². The van der Waals surface area contributed by atoms with Crippen molar-refractivity contribution in [2.75, 3.05) is 0 Å². The van der Waals surface area contributed by atoms with Gasteiger partial charge in [0.2, 0.25) is 0 Å². The lowest BCUT2D eigenvalue weighted by molar-refractivity contribution is 0.199. The number of ether oxygens (including phenoxy) is 1. The van der Waals surface area contributed by atoms with Crippen molar-refractivity contribution in [3.05, 3.63) is 35.1 Å². The number of hydrogen-bond acceptors (Lipinski definition) is 2. The van der Waals surface area contributed by atoms with E-state index < -0.39 is 0 Å². The van der Waals surface area contributed by atoms with Crippen molar-refractivity contribution in [3.63, 3.8) is 0 Å². The highest BCUT2D eigenvalue weighted by molar-refractivity contribution is 5.58. The van der Waals surface area contributed by atoms with Crippen molar-refractivity contribution in [1.82, 2.24) is 0 Å². The van der Waals surface area contributed by atoms with Gasteiger partial charge in [-0.05, 0) is 36.3 Å². The van der Waals surface area contributed by atoms with Crippen molar-refractivity contribution in [2.45, 2.75) is 13.5 Å². The van der Waals surface area contributed by atoms with E-state index in [-0.39, 0.29) is 0 Å². The lowest BCUT2D eigenvalue weighted by Gasteiger charge is -2.15. The highest BCUT2D eigenvalue weighted by atomic mass is 16.5. The third-order valence-corrected chi connectivity index (χ3v) is 1.94. The van der Waals surface area contributed by atoms with Gasteiger partial charge >= 0.3 is 0 Å². The third kappa shape index (κ3) is 1.16. The van der Waals surface area contributed by atoms with Gasteiger partial charge in [0.15, 0.2) is 0 Å². The van der Waals surface area contributed by atoms with Gasteiger partial charge in [-0.25, -0.2) is 0 Å². The van der Waals surface area contributed by atoms with Gasteiger partial charge in [-0.1, -0.05) is 6.07 Å². The molecule has 1 aliphatic heterocycles. The van der Waals surface area contributed by atoms with Gasteiger partial charge in [0, 0.05) is 0 Å². The van der Waals surface area contributed by atoms with E-state index in [0.29, 0.717) is 12.4 Å². The smallest absolute Gasteiger partial charge is 0.116 e. The molecule has 0 unspecified atom stereocenters. The molecule has 0 bridgehead atoms. The molecule has 2 heteroatoms. The number of phenols is 1. The topological polar surface area (TPSA) is 29.5 Å². The molecule has 0 aliphatic carbocycles. The number of benzene rings is 1. The molecule has 1 aromatic carbocycles. The van der Waals surface area contributed by atoms with Crippen molar-refractivity contribution >= 4 is 6.08 Å². The molecule has 0 saturated carbocycles. The molecule has 0 aromatic heterocycles. The van der Waals surface area contributed by atoms with Crippen molar-refractivity contribution in [1.29, 1.82) is 0 Å². The summed E-state index contributed by atoms with van der Waals surface area (Å²) in [6.45, 7) is 2.52. The monoisotopic (exact) mass is 162 g/mol. The van der Waals surface area contributed by atoms with E-state index in [1.807, 2.05) is 19.1 Å². The Morgan fingerprint density at radius 3 is 3.08 bits per heavy atom. The van der Waals surface area contributed by atoms with Crippen LogP contribution >= 0.6 is 0 Å². The summed E-state index contributed by atoms with van der Waals surface area (Å²) in [5.41, 5.74) is 2.18. The van der Waals surface area contributed by atoms with Gasteiger partial charge in [-0.15, -0.1) is 0 Å². The standard InChI is InChI=1S/C10H10O2/c1-7-4-9-5-10(11)3-2-8(9)6-12-7/h2-5,11H,6H2,1H3. The van der Waals surface area contributed by atoms with Gasteiger partial charge in [0.1, 0.15) is 12.4 Å². The fourth-order valence-electron chi connectivity index (χ4n) is 1.30. The molecule has 2 rings (SSSR count). The Kier molecular flexibility index (Phi) is 1.54. The summed E-state index contributed by atoms with van der Waals surface area (Å²) >= 11 is 0. The predicted octanol–water partition coefficient (Wildman–Crippen LogP) is 2.28. The molecule has 0 radical (unpaired) electrons. The van der Waals surface area contributed by atoms with Crippen LogP contribution in [0.2, 0.25) is 0 Å². The molecule has 0 fully saturated rings. The zero-order valence-electron chi connectivity index (χ0n) is 6.87. The molecule has 0 amide bonds. The van der Waals surface area contributed by atoms with E-state index in [0.717, 1.165) is 16.9 Å². The number of fused-ring (bicyclic) bond motifs is 1. The molecule has 2 nitrogen and oxygen atoms in total. The second-order valence-electron chi connectivity index (χ2n) is 2.93. The summed E-state index contributed by atoms with van der Waals surface area (Å²) in [6.07, 6.45) is 1.93. The average molecular weight is 162 g/mol. The van der Waals surface area contributed by atoms with Crippen molar-refractivity contribution in [3.8, 4) is 5.75 Å². The predicted molar refractivity (Wildman–Crippen MR) is 46.5 cm³/mol. The minimum atomic E-state index is 0.305. The summed E-state index contributed by atoms with van der Waals surface area (Å²) in [7, 11) is 0. The minimum Gasteiger partial charge on any atom is -0.508 e. The summed E-state index contributed by atoms with van der Waals surface area (Å²) in [5.74, 6) is 1.20. The second kappa shape index (κ2) is 2.55. The van der Waals surface area contributed by atoms with Crippen LogP contribution in [0.25, 0.3) is 6.08 Å². The molecule has 1 heterocycles. The van der Waals surface area contributed by atoms with Crippen molar-refractivity contribution < 1.29 is 9.84 Å². The van der Waals surface area contributed by atoms with Crippen LogP contribution in [0, 0.1) is 0 Å².